The summed E-state index contributed by atoms with van der Waals surface area (Å²) in [5.74, 6) is -7.42. The molecule has 4 amide bonds. The Labute approximate surface area is 593 Å². The Balaban J connectivity index is 0.000000223. The third kappa shape index (κ3) is 23.8. The number of benzene rings is 8. The van der Waals surface area contributed by atoms with Crippen molar-refractivity contribution < 1.29 is 107 Å². The lowest BCUT2D eigenvalue weighted by Crippen LogP contribution is -2.30. The van der Waals surface area contributed by atoms with E-state index >= 15 is 0 Å². The zero-order valence-corrected chi connectivity index (χ0v) is 56.5. The van der Waals surface area contributed by atoms with Crippen LogP contribution in [0.4, 0.5) is 17.1 Å². The van der Waals surface area contributed by atoms with Gasteiger partial charge in [0.15, 0.2) is 0 Å². The molecule has 8 aromatic carbocycles. The Kier molecular flexibility index (Phi) is 30.6. The van der Waals surface area contributed by atoms with Crippen LogP contribution >= 0.6 is 0 Å². The number of carbonyl (C=O) groups excluding carboxylic acids is 8. The molecule has 30 nitrogen and oxygen atoms in total. The number of hydrogen-bond acceptors (Lipinski definition) is 22. The quantitative estimate of drug-likeness (QED) is 0.0238. The Hall–Kier alpha value is -13.6. The predicted octanol–water partition coefficient (Wildman–Crippen LogP) is 6.11. The first-order chi connectivity index (χ1) is 49.4. The van der Waals surface area contributed by atoms with Crippen LogP contribution in [0.25, 0.3) is 0 Å². The molecule has 104 heavy (non-hydrogen) atoms. The summed E-state index contributed by atoms with van der Waals surface area (Å²) in [5.41, 5.74) is 38.3. The molecule has 3 aliphatic heterocycles. The van der Waals surface area contributed by atoms with Crippen molar-refractivity contribution >= 4 is 94.4 Å². The van der Waals surface area contributed by atoms with Gasteiger partial charge in [-0.1, -0.05) is 42.5 Å². The lowest BCUT2D eigenvalue weighted by molar-refractivity contribution is -0.140. The minimum Gasteiger partial charge on any atom is -0.478 e. The van der Waals surface area contributed by atoms with Gasteiger partial charge in [-0.05, 0) is 171 Å². The summed E-state index contributed by atoms with van der Waals surface area (Å²) in [6.45, 7) is 1.36. The first-order valence-corrected chi connectivity index (χ1v) is 30.9. The first-order valence-electron chi connectivity index (χ1n) is 30.9. The third-order valence-electron chi connectivity index (χ3n) is 15.3. The molecule has 542 valence electrons. The van der Waals surface area contributed by atoms with Crippen molar-refractivity contribution in [3.05, 3.63) is 264 Å². The smallest absolute Gasteiger partial charge is 0.337 e. The average Bonchev–Trinajstić information content (AvgIpc) is 1.60. The van der Waals surface area contributed by atoms with E-state index in [0.717, 1.165) is 38.3 Å². The van der Waals surface area contributed by atoms with Gasteiger partial charge in [-0.3, -0.25) is 33.7 Å². The van der Waals surface area contributed by atoms with Crippen LogP contribution in [0.15, 0.2) is 164 Å². The molecule has 8 aromatic rings. The van der Waals surface area contributed by atoms with Crippen LogP contribution in [-0.2, 0) is 96.5 Å². The molecule has 3 heterocycles. The maximum atomic E-state index is 12.5. The second kappa shape index (κ2) is 39.3. The van der Waals surface area contributed by atoms with Crippen molar-refractivity contribution in [1.29, 1.82) is 0 Å². The van der Waals surface area contributed by atoms with E-state index < -0.39 is 47.6 Å². The summed E-state index contributed by atoms with van der Waals surface area (Å²) < 4.78 is 18.3. The summed E-state index contributed by atoms with van der Waals surface area (Å²) in [4.78, 5) is 146. The number of hydrogen-bond donors (Lipinski definition) is 12. The van der Waals surface area contributed by atoms with E-state index in [-0.39, 0.29) is 83.5 Å². The highest BCUT2D eigenvalue weighted by molar-refractivity contribution is 6.21. The van der Waals surface area contributed by atoms with Gasteiger partial charge in [-0.25, -0.2) is 33.6 Å². The summed E-state index contributed by atoms with van der Waals surface area (Å²) in [6, 6.07) is 42.4. The van der Waals surface area contributed by atoms with Crippen LogP contribution in [0.3, 0.4) is 0 Å². The number of ether oxygens (including phenoxy) is 4. The Bertz CT molecular complexity index is 4500. The van der Waals surface area contributed by atoms with Crippen LogP contribution in [0.1, 0.15) is 143 Å². The molecule has 0 atom stereocenters. The van der Waals surface area contributed by atoms with Gasteiger partial charge in [0, 0.05) is 43.2 Å². The van der Waals surface area contributed by atoms with E-state index in [2.05, 4.69) is 29.6 Å². The number of methoxy groups -OCH3 is 4. The highest BCUT2D eigenvalue weighted by Gasteiger charge is 2.36. The molecule has 0 spiro atoms. The molecule has 30 heteroatoms. The number of rotatable bonds is 15. The van der Waals surface area contributed by atoms with Crippen molar-refractivity contribution in [3.8, 4) is 0 Å². The number of carboxylic acids is 5. The molecule has 0 bridgehead atoms. The van der Waals surface area contributed by atoms with Crippen molar-refractivity contribution in [2.24, 2.45) is 11.5 Å². The second-order valence-electron chi connectivity index (χ2n) is 22.2. The second-order valence-corrected chi connectivity index (χ2v) is 22.2. The number of fused-ring (bicyclic) bond motifs is 3. The Morgan fingerprint density at radius 2 is 0.750 bits per heavy atom. The minimum absolute atomic E-state index is 0.00484. The summed E-state index contributed by atoms with van der Waals surface area (Å²) in [6.07, 6.45) is 0.803. The lowest BCUT2D eigenvalue weighted by atomic mass is 9.98. The average molecular weight is 1430 g/mol. The highest BCUT2D eigenvalue weighted by Crippen LogP contribution is 2.27. The van der Waals surface area contributed by atoms with Gasteiger partial charge in [0.1, 0.15) is 0 Å². The molecule has 0 saturated heterocycles. The molecule has 0 aromatic heterocycles. The summed E-state index contributed by atoms with van der Waals surface area (Å²) >= 11 is 0. The lowest BCUT2D eigenvalue weighted by Gasteiger charge is -2.17. The standard InChI is InChI=1S/C19H15NO6.C11H11NO3.C10H9NO3.C10H10O4.C9H12N2O2.C8H10N2O2.C7H7NO2/c1-26-16(21)9-11-6-7-12(19(24)25)8-13(11)10-20-17(22)14-4-2-3-5-15(14)18(20)23;1-15-11(14)8-3-2-7-5-10(13)12-6-9(7)4-8;12-9-4-6-1-2-7(10(13)14)3-8(6)5-11-9;1-14-9(11)6-7-2-4-8(5-3-7)10(12)13;1-13-9(12)6-2-3-8(11)7(4-6)5-10;9-4-6-3-5(8(11)12)1-2-7(6)10;8-6-3-1-5(2-4-6)7(9)10/h2-8H,9-10H2,1H3,(H,24,25);2-4H,5-6H2,1H3,(H,12,13);1-3H,4-5H2,(H,11,12)(H,13,14);2-5H,6H2,1H3,(H,12,13);2-4H,5,10-11H2,1H3;1-3H,4,9-10H2,(H,11,12);1-4H,8H2,(H,9,10). The number of nitrogens with one attached hydrogen (secondary N) is 2. The number of esters is 4. The van der Waals surface area contributed by atoms with E-state index in [9.17, 15) is 67.4 Å². The maximum Gasteiger partial charge on any atom is 0.337 e. The number of nitrogens with zero attached hydrogens (tertiary/aromatic N) is 1. The van der Waals surface area contributed by atoms with E-state index in [1.165, 1.54) is 89.1 Å². The minimum atomic E-state index is -1.14. The molecule has 11 rings (SSSR count). The number of carbonyl (C=O) groups is 13. The van der Waals surface area contributed by atoms with Gasteiger partial charge in [0.25, 0.3) is 11.8 Å². The number of imide groups is 1. The fraction of sp³-hybridized carbons (Fsp3) is 0.176. The largest absolute Gasteiger partial charge is 0.478 e. The van der Waals surface area contributed by atoms with Gasteiger partial charge in [0.2, 0.25) is 11.8 Å². The number of aromatic carboxylic acids is 5. The third-order valence-corrected chi connectivity index (χ3v) is 15.3. The van der Waals surface area contributed by atoms with Gasteiger partial charge >= 0.3 is 53.7 Å². The number of carboxylic acid groups (broad SMARTS) is 5. The molecule has 0 radical (unpaired) electrons. The molecule has 17 N–H and O–H groups in total. The number of nitrogens with two attached hydrogens (primary N) is 5. The molecular weight excluding hydrogens is 1350 g/mol. The molecule has 3 aliphatic rings. The summed E-state index contributed by atoms with van der Waals surface area (Å²) in [5, 5.41) is 49.0. The van der Waals surface area contributed by atoms with E-state index in [1.807, 2.05) is 0 Å². The normalized spacial score (nSPS) is 11.7. The molecular formula is C74H74N8O22. The summed E-state index contributed by atoms with van der Waals surface area (Å²) in [7, 11) is 5.25. The first kappa shape index (κ1) is 81.1. The van der Waals surface area contributed by atoms with Gasteiger partial charge < -0.3 is 83.8 Å². The SMILES string of the molecule is COC(=O)Cc1ccc(C(=O)O)cc1.COC(=O)Cc1ccc(C(=O)O)cc1CN1C(=O)c2ccccc2C1=O.COC(=O)c1ccc(N)c(CN)c1.COC(=O)c1ccc2c(c1)CNC(=O)C2.NCc1cc(C(=O)O)ccc1N.Nc1ccc(C(=O)O)cc1.O=C1Cc2ccc(C(=O)O)cc2CN1. The monoisotopic (exact) mass is 1430 g/mol. The van der Waals surface area contributed by atoms with Crippen LogP contribution in [0.2, 0.25) is 0 Å². The van der Waals surface area contributed by atoms with Crippen LogP contribution in [0.5, 0.6) is 0 Å². The van der Waals surface area contributed by atoms with Gasteiger partial charge in [-0.15, -0.1) is 0 Å². The fourth-order valence-corrected chi connectivity index (χ4v) is 9.59. The van der Waals surface area contributed by atoms with Crippen molar-refractivity contribution in [1.82, 2.24) is 15.5 Å². The van der Waals surface area contributed by atoms with E-state index in [0.29, 0.717) is 88.5 Å². The highest BCUT2D eigenvalue weighted by atomic mass is 16.5. The number of amides is 4. The fourth-order valence-electron chi connectivity index (χ4n) is 9.59. The van der Waals surface area contributed by atoms with Gasteiger partial charge in [-0.2, -0.15) is 0 Å². The zero-order chi connectivity index (χ0) is 76.9. The van der Waals surface area contributed by atoms with E-state index in [4.69, 9.17) is 49.1 Å². The van der Waals surface area contributed by atoms with Crippen molar-refractivity contribution in [2.45, 2.75) is 58.4 Å². The Morgan fingerprint density at radius 1 is 0.394 bits per heavy atom. The molecule has 0 aliphatic carbocycles. The molecule has 0 unspecified atom stereocenters. The zero-order valence-electron chi connectivity index (χ0n) is 56.5. The topological polar surface area (TPSA) is 517 Å². The molecule has 0 fully saturated rings. The Morgan fingerprint density at radius 3 is 1.18 bits per heavy atom. The number of nitrogen functional groups attached to an aromatic ring is 3. The number of anilines is 3. The van der Waals surface area contributed by atoms with E-state index in [1.54, 1.807) is 103 Å². The van der Waals surface area contributed by atoms with Crippen LogP contribution in [-0.4, -0.2) is 136 Å². The van der Waals surface area contributed by atoms with Crippen LogP contribution < -0.4 is 39.3 Å². The molecule has 0 saturated carbocycles. The van der Waals surface area contributed by atoms with Crippen molar-refractivity contribution in [3.63, 3.8) is 0 Å². The van der Waals surface area contributed by atoms with Crippen molar-refractivity contribution in [2.75, 3.05) is 45.6 Å². The van der Waals surface area contributed by atoms with Crippen LogP contribution in [0, 0.1) is 0 Å². The van der Waals surface area contributed by atoms with Gasteiger partial charge in [0.05, 0.1) is 111 Å². The maximum absolute atomic E-state index is 12.5. The predicted molar refractivity (Wildman–Crippen MR) is 375 cm³/mol.